The van der Waals surface area contributed by atoms with Gasteiger partial charge >= 0.3 is 6.03 Å². The van der Waals surface area contributed by atoms with E-state index >= 15 is 0 Å². The van der Waals surface area contributed by atoms with E-state index in [9.17, 15) is 4.79 Å². The minimum absolute atomic E-state index is 0.0458. The lowest BCUT2D eigenvalue weighted by Crippen LogP contribution is -2.38. The molecular formula is C14H15ClN2O2S. The number of furan rings is 1. The molecule has 0 saturated heterocycles. The van der Waals surface area contributed by atoms with Crippen molar-refractivity contribution in [3.8, 4) is 0 Å². The summed E-state index contributed by atoms with van der Waals surface area (Å²) < 4.78 is 6.15. The molecule has 0 fully saturated rings. The van der Waals surface area contributed by atoms with Crippen LogP contribution in [0, 0.1) is 0 Å². The molecule has 2 heterocycles. The number of amides is 2. The maximum absolute atomic E-state index is 11.9. The van der Waals surface area contributed by atoms with Gasteiger partial charge in [0.25, 0.3) is 0 Å². The second kappa shape index (κ2) is 5.89. The summed E-state index contributed by atoms with van der Waals surface area (Å²) in [6.07, 6.45) is 4.63. The van der Waals surface area contributed by atoms with Crippen molar-refractivity contribution in [2.75, 3.05) is 0 Å². The van der Waals surface area contributed by atoms with Crippen LogP contribution in [0.4, 0.5) is 4.79 Å². The topological polar surface area (TPSA) is 54.3 Å². The standard InChI is InChI=1S/C14H15ClN2O2S/c15-13-5-4-9(20-13)8-16-14(18)17-11-2-1-3-12-10(11)6-7-19-12/h4-7,11H,1-3,8H2,(H2,16,17,18). The summed E-state index contributed by atoms with van der Waals surface area (Å²) in [7, 11) is 0. The first-order valence-electron chi connectivity index (χ1n) is 6.57. The van der Waals surface area contributed by atoms with Gasteiger partial charge in [0, 0.05) is 16.9 Å². The number of thiophene rings is 1. The highest BCUT2D eigenvalue weighted by atomic mass is 35.5. The smallest absolute Gasteiger partial charge is 0.315 e. The molecule has 2 aromatic heterocycles. The molecule has 0 aromatic carbocycles. The highest BCUT2D eigenvalue weighted by Gasteiger charge is 2.23. The fourth-order valence-electron chi connectivity index (χ4n) is 2.46. The Kier molecular flexibility index (Phi) is 3.98. The average Bonchev–Trinajstić information content (AvgIpc) is 3.05. The minimum Gasteiger partial charge on any atom is -0.469 e. The SMILES string of the molecule is O=C(NCc1ccc(Cl)s1)NC1CCCc2occc21. The average molecular weight is 311 g/mol. The first-order chi connectivity index (χ1) is 9.72. The molecule has 106 valence electrons. The molecule has 1 atom stereocenters. The summed E-state index contributed by atoms with van der Waals surface area (Å²) in [5.41, 5.74) is 1.10. The molecule has 0 aliphatic heterocycles. The zero-order valence-electron chi connectivity index (χ0n) is 10.8. The molecular weight excluding hydrogens is 296 g/mol. The number of rotatable bonds is 3. The molecule has 2 N–H and O–H groups in total. The van der Waals surface area contributed by atoms with Crippen molar-refractivity contribution in [3.63, 3.8) is 0 Å². The van der Waals surface area contributed by atoms with Crippen molar-refractivity contribution >= 4 is 29.0 Å². The second-order valence-corrected chi connectivity index (χ2v) is 6.58. The van der Waals surface area contributed by atoms with Crippen molar-refractivity contribution < 1.29 is 9.21 Å². The molecule has 4 nitrogen and oxygen atoms in total. The minimum atomic E-state index is -0.159. The lowest BCUT2D eigenvalue weighted by Gasteiger charge is -2.22. The molecule has 6 heteroatoms. The third-order valence-electron chi connectivity index (χ3n) is 3.41. The van der Waals surface area contributed by atoms with Crippen LogP contribution in [-0.4, -0.2) is 6.03 Å². The zero-order valence-corrected chi connectivity index (χ0v) is 12.4. The number of nitrogens with one attached hydrogen (secondary N) is 2. The van der Waals surface area contributed by atoms with Crippen LogP contribution in [0.1, 0.15) is 35.1 Å². The maximum Gasteiger partial charge on any atom is 0.315 e. The number of fused-ring (bicyclic) bond motifs is 1. The van der Waals surface area contributed by atoms with Crippen LogP contribution < -0.4 is 10.6 Å². The molecule has 1 unspecified atom stereocenters. The van der Waals surface area contributed by atoms with Gasteiger partial charge in [0.15, 0.2) is 0 Å². The van der Waals surface area contributed by atoms with Crippen molar-refractivity contribution in [1.82, 2.24) is 10.6 Å². The van der Waals surface area contributed by atoms with Crippen LogP contribution in [0.5, 0.6) is 0 Å². The predicted octanol–water partition coefficient (Wildman–Crippen LogP) is 3.87. The normalized spacial score (nSPS) is 17.6. The molecule has 2 amide bonds. The van der Waals surface area contributed by atoms with E-state index in [1.165, 1.54) is 11.3 Å². The van der Waals surface area contributed by atoms with E-state index in [0.717, 1.165) is 39.8 Å². The maximum atomic E-state index is 11.9. The number of urea groups is 1. The molecule has 2 aromatic rings. The highest BCUT2D eigenvalue weighted by molar-refractivity contribution is 7.16. The highest BCUT2D eigenvalue weighted by Crippen LogP contribution is 2.30. The van der Waals surface area contributed by atoms with Gasteiger partial charge in [0.05, 0.1) is 23.2 Å². The van der Waals surface area contributed by atoms with Crippen LogP contribution in [0.3, 0.4) is 0 Å². The van der Waals surface area contributed by atoms with Gasteiger partial charge in [-0.3, -0.25) is 0 Å². The summed E-state index contributed by atoms with van der Waals surface area (Å²) in [5.74, 6) is 0.992. The zero-order chi connectivity index (χ0) is 13.9. The quantitative estimate of drug-likeness (QED) is 0.904. The van der Waals surface area contributed by atoms with Crippen molar-refractivity contribution in [1.29, 1.82) is 0 Å². The van der Waals surface area contributed by atoms with Gasteiger partial charge in [-0.15, -0.1) is 11.3 Å². The van der Waals surface area contributed by atoms with Crippen molar-refractivity contribution in [3.05, 3.63) is 45.0 Å². The van der Waals surface area contributed by atoms with Gasteiger partial charge in [0.1, 0.15) is 5.76 Å². The summed E-state index contributed by atoms with van der Waals surface area (Å²) >= 11 is 7.33. The predicted molar refractivity (Wildman–Crippen MR) is 79.1 cm³/mol. The Morgan fingerprint density at radius 1 is 1.45 bits per heavy atom. The van der Waals surface area contributed by atoms with Gasteiger partial charge in [-0.1, -0.05) is 11.6 Å². The number of hydrogen-bond acceptors (Lipinski definition) is 3. The van der Waals surface area contributed by atoms with E-state index in [-0.39, 0.29) is 12.1 Å². The molecule has 1 aliphatic rings. The third-order valence-corrected chi connectivity index (χ3v) is 4.64. The second-order valence-electron chi connectivity index (χ2n) is 4.78. The largest absolute Gasteiger partial charge is 0.469 e. The Morgan fingerprint density at radius 3 is 3.15 bits per heavy atom. The molecule has 0 saturated carbocycles. The number of carbonyl (C=O) groups is 1. The van der Waals surface area contributed by atoms with E-state index in [1.54, 1.807) is 6.26 Å². The number of aryl methyl sites for hydroxylation is 1. The summed E-state index contributed by atoms with van der Waals surface area (Å²) in [6.45, 7) is 0.494. The fourth-order valence-corrected chi connectivity index (χ4v) is 3.49. The van der Waals surface area contributed by atoms with Crippen LogP contribution in [0.15, 0.2) is 28.9 Å². The van der Waals surface area contributed by atoms with Crippen molar-refractivity contribution in [2.45, 2.75) is 31.8 Å². The molecule has 1 aliphatic carbocycles. The van der Waals surface area contributed by atoms with E-state index in [2.05, 4.69) is 10.6 Å². The fraction of sp³-hybridized carbons (Fsp3) is 0.357. The van der Waals surface area contributed by atoms with Crippen LogP contribution >= 0.6 is 22.9 Å². The Morgan fingerprint density at radius 2 is 2.35 bits per heavy atom. The third kappa shape index (κ3) is 2.99. The first kappa shape index (κ1) is 13.5. The lowest BCUT2D eigenvalue weighted by molar-refractivity contribution is 0.235. The molecule has 0 bridgehead atoms. The van der Waals surface area contributed by atoms with Crippen LogP contribution in [0.2, 0.25) is 4.34 Å². The van der Waals surface area contributed by atoms with Crippen molar-refractivity contribution in [2.24, 2.45) is 0 Å². The van der Waals surface area contributed by atoms with Crippen LogP contribution in [0.25, 0.3) is 0 Å². The van der Waals surface area contributed by atoms with Gasteiger partial charge in [0.2, 0.25) is 0 Å². The first-order valence-corrected chi connectivity index (χ1v) is 7.76. The molecule has 3 rings (SSSR count). The monoisotopic (exact) mass is 310 g/mol. The number of hydrogen-bond donors (Lipinski definition) is 2. The molecule has 20 heavy (non-hydrogen) atoms. The number of carbonyl (C=O) groups excluding carboxylic acids is 1. The van der Waals surface area contributed by atoms with Gasteiger partial charge in [-0.2, -0.15) is 0 Å². The number of halogens is 1. The summed E-state index contributed by atoms with van der Waals surface area (Å²) in [5, 5.41) is 5.85. The van der Waals surface area contributed by atoms with Gasteiger partial charge in [-0.05, 0) is 31.0 Å². The van der Waals surface area contributed by atoms with Gasteiger partial charge < -0.3 is 15.1 Å². The molecule has 0 spiro atoms. The Hall–Kier alpha value is -1.46. The van der Waals surface area contributed by atoms with Crippen LogP contribution in [-0.2, 0) is 13.0 Å². The summed E-state index contributed by atoms with van der Waals surface area (Å²) in [6, 6.07) is 5.58. The Bertz CT molecular complexity index is 608. The van der Waals surface area contributed by atoms with E-state index in [4.69, 9.17) is 16.0 Å². The summed E-state index contributed by atoms with van der Waals surface area (Å²) in [4.78, 5) is 13.0. The van der Waals surface area contributed by atoms with E-state index in [1.807, 2.05) is 18.2 Å². The Balaban J connectivity index is 1.55. The Labute approximate surface area is 126 Å². The van der Waals surface area contributed by atoms with E-state index < -0.39 is 0 Å². The van der Waals surface area contributed by atoms with E-state index in [0.29, 0.717) is 6.54 Å². The lowest BCUT2D eigenvalue weighted by atomic mass is 9.93. The van der Waals surface area contributed by atoms with Gasteiger partial charge in [-0.25, -0.2) is 4.79 Å². The molecule has 0 radical (unpaired) electrons.